The maximum absolute atomic E-state index is 12.4. The molecule has 0 aromatic heterocycles. The van der Waals surface area contributed by atoms with Crippen LogP contribution in [0.2, 0.25) is 0 Å². The second-order valence-electron chi connectivity index (χ2n) is 5.78. The lowest BCUT2D eigenvalue weighted by atomic mass is 9.79. The van der Waals surface area contributed by atoms with Crippen molar-refractivity contribution in [3.05, 3.63) is 30.3 Å². The average Bonchev–Trinajstić information content (AvgIpc) is 3.00. The van der Waals surface area contributed by atoms with Gasteiger partial charge in [-0.15, -0.1) is 0 Å². The zero-order valence-electron chi connectivity index (χ0n) is 10.4. The number of carbonyl (C=O) groups excluding carboxylic acids is 2. The molecule has 1 aromatic rings. The molecule has 0 unspecified atom stereocenters. The predicted molar refractivity (Wildman–Crippen MR) is 68.1 cm³/mol. The van der Waals surface area contributed by atoms with Gasteiger partial charge in [0.05, 0.1) is 11.8 Å². The summed E-state index contributed by atoms with van der Waals surface area (Å²) >= 11 is 0. The minimum atomic E-state index is -0.201. The van der Waals surface area contributed by atoms with Crippen LogP contribution in [0, 0.1) is 23.7 Å². The number of para-hydroxylation sites is 1. The molecular weight excluding hydrogens is 242 g/mol. The van der Waals surface area contributed by atoms with Gasteiger partial charge in [0.25, 0.3) is 0 Å². The van der Waals surface area contributed by atoms with E-state index in [4.69, 9.17) is 4.74 Å². The highest BCUT2D eigenvalue weighted by atomic mass is 16.6. The minimum absolute atomic E-state index is 0.0269. The number of hydrogen-bond acceptors (Lipinski definition) is 3. The second-order valence-corrected chi connectivity index (χ2v) is 5.78. The fourth-order valence-corrected chi connectivity index (χ4v) is 4.11. The van der Waals surface area contributed by atoms with E-state index in [1.54, 1.807) is 0 Å². The van der Waals surface area contributed by atoms with Crippen LogP contribution in [0.15, 0.2) is 30.3 Å². The predicted octanol–water partition coefficient (Wildman–Crippen LogP) is 1.82. The highest BCUT2D eigenvalue weighted by Gasteiger charge is 2.63. The monoisotopic (exact) mass is 257 g/mol. The standard InChI is InChI=1S/C15H15NO3/c17-14(16-9-4-2-1-3-5-9)12-8-6-10-11(7-8)19-15(18)13(10)12/h1-5,8,10-13H,6-7H2,(H,16,17)/t8-,10+,11-,12-,13-/m0/s1. The third-order valence-corrected chi connectivity index (χ3v) is 4.83. The molecule has 0 radical (unpaired) electrons. The van der Waals surface area contributed by atoms with E-state index in [0.717, 1.165) is 18.5 Å². The molecule has 3 fully saturated rings. The molecule has 3 aliphatic rings. The summed E-state index contributed by atoms with van der Waals surface area (Å²) in [6.45, 7) is 0. The number of fused-ring (bicyclic) bond motifs is 1. The van der Waals surface area contributed by atoms with Crippen molar-refractivity contribution in [3.63, 3.8) is 0 Å². The van der Waals surface area contributed by atoms with Crippen LogP contribution >= 0.6 is 0 Å². The first-order valence-corrected chi connectivity index (χ1v) is 6.80. The van der Waals surface area contributed by atoms with Gasteiger partial charge in [-0.1, -0.05) is 18.2 Å². The first kappa shape index (κ1) is 11.0. The Bertz CT molecular complexity index is 540. The molecule has 1 aromatic carbocycles. The van der Waals surface area contributed by atoms with Crippen molar-refractivity contribution in [1.29, 1.82) is 0 Å². The molecule has 98 valence electrons. The zero-order valence-corrected chi connectivity index (χ0v) is 10.4. The van der Waals surface area contributed by atoms with Crippen LogP contribution in [0.4, 0.5) is 5.69 Å². The lowest BCUT2D eigenvalue weighted by Crippen LogP contribution is -2.35. The molecule has 4 heteroatoms. The van der Waals surface area contributed by atoms with Crippen LogP contribution in [0.5, 0.6) is 0 Å². The first-order chi connectivity index (χ1) is 9.24. The van der Waals surface area contributed by atoms with E-state index in [1.807, 2.05) is 30.3 Å². The van der Waals surface area contributed by atoms with Crippen LogP contribution in [0.25, 0.3) is 0 Å². The van der Waals surface area contributed by atoms with Gasteiger partial charge in [0, 0.05) is 11.6 Å². The molecule has 5 atom stereocenters. The molecule has 1 saturated heterocycles. The summed E-state index contributed by atoms with van der Waals surface area (Å²) in [6, 6.07) is 9.40. The van der Waals surface area contributed by atoms with Crippen molar-refractivity contribution in [3.8, 4) is 0 Å². The summed E-state index contributed by atoms with van der Waals surface area (Å²) in [7, 11) is 0. The SMILES string of the molecule is O=C(Nc1ccccc1)[C@H]1[C@H]2C[C@H]3[C@@H]1C(=O)O[C@H]3C2. The number of esters is 1. The number of carbonyl (C=O) groups is 2. The molecule has 2 bridgehead atoms. The van der Waals surface area contributed by atoms with Gasteiger partial charge in [-0.25, -0.2) is 0 Å². The van der Waals surface area contributed by atoms with E-state index in [9.17, 15) is 9.59 Å². The largest absolute Gasteiger partial charge is 0.462 e. The minimum Gasteiger partial charge on any atom is -0.462 e. The fraction of sp³-hybridized carbons (Fsp3) is 0.467. The van der Waals surface area contributed by atoms with Crippen molar-refractivity contribution < 1.29 is 14.3 Å². The van der Waals surface area contributed by atoms with E-state index in [2.05, 4.69) is 5.32 Å². The van der Waals surface area contributed by atoms with Gasteiger partial charge >= 0.3 is 5.97 Å². The third kappa shape index (κ3) is 1.52. The highest BCUT2D eigenvalue weighted by Crippen LogP contribution is 2.57. The van der Waals surface area contributed by atoms with E-state index < -0.39 is 0 Å². The van der Waals surface area contributed by atoms with Gasteiger partial charge in [-0.2, -0.15) is 0 Å². The lowest BCUT2D eigenvalue weighted by molar-refractivity contribution is -0.145. The number of hydrogen-bond donors (Lipinski definition) is 1. The maximum atomic E-state index is 12.4. The summed E-state index contributed by atoms with van der Waals surface area (Å²) in [4.78, 5) is 24.3. The number of anilines is 1. The highest BCUT2D eigenvalue weighted by molar-refractivity contribution is 5.96. The Morgan fingerprint density at radius 3 is 2.79 bits per heavy atom. The molecule has 1 amide bonds. The summed E-state index contributed by atoms with van der Waals surface area (Å²) < 4.78 is 5.35. The number of ether oxygens (including phenoxy) is 1. The molecule has 1 aliphatic heterocycles. The van der Waals surface area contributed by atoms with E-state index in [1.165, 1.54) is 0 Å². The lowest BCUT2D eigenvalue weighted by Gasteiger charge is -2.23. The number of nitrogens with one attached hydrogen (secondary N) is 1. The van der Waals surface area contributed by atoms with Crippen LogP contribution in [-0.4, -0.2) is 18.0 Å². The quantitative estimate of drug-likeness (QED) is 0.822. The van der Waals surface area contributed by atoms with Crippen molar-refractivity contribution in [2.75, 3.05) is 5.32 Å². The molecule has 1 heterocycles. The van der Waals surface area contributed by atoms with Crippen LogP contribution in [-0.2, 0) is 14.3 Å². The Labute approximate surface area is 111 Å². The topological polar surface area (TPSA) is 55.4 Å². The van der Waals surface area contributed by atoms with Gasteiger partial charge in [-0.3, -0.25) is 9.59 Å². The van der Waals surface area contributed by atoms with Crippen LogP contribution < -0.4 is 5.32 Å². The molecule has 4 rings (SSSR count). The Balaban J connectivity index is 1.57. The van der Waals surface area contributed by atoms with Crippen LogP contribution in [0.1, 0.15) is 12.8 Å². The smallest absolute Gasteiger partial charge is 0.310 e. The number of amides is 1. The molecule has 4 nitrogen and oxygen atoms in total. The van der Waals surface area contributed by atoms with Gasteiger partial charge in [0.1, 0.15) is 6.10 Å². The first-order valence-electron chi connectivity index (χ1n) is 6.80. The Kier molecular flexibility index (Phi) is 2.22. The van der Waals surface area contributed by atoms with E-state index in [-0.39, 0.29) is 35.7 Å². The van der Waals surface area contributed by atoms with Gasteiger partial charge in [-0.05, 0) is 30.9 Å². The molecule has 19 heavy (non-hydrogen) atoms. The van der Waals surface area contributed by atoms with Crippen LogP contribution in [0.3, 0.4) is 0 Å². The molecule has 2 saturated carbocycles. The van der Waals surface area contributed by atoms with Crippen molar-refractivity contribution >= 4 is 17.6 Å². The average molecular weight is 257 g/mol. The van der Waals surface area contributed by atoms with E-state index >= 15 is 0 Å². The molecule has 1 N–H and O–H groups in total. The molecule has 2 aliphatic carbocycles. The Hall–Kier alpha value is -1.84. The second kappa shape index (κ2) is 3.83. The third-order valence-electron chi connectivity index (χ3n) is 4.83. The summed E-state index contributed by atoms with van der Waals surface area (Å²) in [5, 5.41) is 2.93. The number of rotatable bonds is 2. The number of benzene rings is 1. The van der Waals surface area contributed by atoms with Crippen molar-refractivity contribution in [2.45, 2.75) is 18.9 Å². The summed E-state index contributed by atoms with van der Waals surface area (Å²) in [5.41, 5.74) is 0.790. The van der Waals surface area contributed by atoms with E-state index in [0.29, 0.717) is 5.92 Å². The van der Waals surface area contributed by atoms with Crippen molar-refractivity contribution in [2.24, 2.45) is 23.7 Å². The van der Waals surface area contributed by atoms with Gasteiger partial charge in [0.2, 0.25) is 5.91 Å². The van der Waals surface area contributed by atoms with Gasteiger partial charge in [0.15, 0.2) is 0 Å². The Morgan fingerprint density at radius 2 is 2.00 bits per heavy atom. The summed E-state index contributed by atoms with van der Waals surface area (Å²) in [5.74, 6) is 0.00677. The molecule has 0 spiro atoms. The molecular formula is C15H15NO3. The van der Waals surface area contributed by atoms with Crippen molar-refractivity contribution in [1.82, 2.24) is 0 Å². The van der Waals surface area contributed by atoms with Gasteiger partial charge < -0.3 is 10.1 Å². The summed E-state index contributed by atoms with van der Waals surface area (Å²) in [6.07, 6.45) is 1.91. The fourth-order valence-electron chi connectivity index (χ4n) is 4.11. The normalized spacial score (nSPS) is 38.3. The maximum Gasteiger partial charge on any atom is 0.310 e. The Morgan fingerprint density at radius 1 is 1.21 bits per heavy atom. The zero-order chi connectivity index (χ0) is 13.0.